The van der Waals surface area contributed by atoms with E-state index in [0.717, 1.165) is 61.8 Å². The van der Waals surface area contributed by atoms with Gasteiger partial charge in [0, 0.05) is 37.3 Å². The summed E-state index contributed by atoms with van der Waals surface area (Å²) in [5.41, 5.74) is 3.02. The average Bonchev–Trinajstić information content (AvgIpc) is 2.87. The van der Waals surface area contributed by atoms with Gasteiger partial charge in [0.15, 0.2) is 0 Å². The van der Waals surface area contributed by atoms with Crippen molar-refractivity contribution in [2.75, 3.05) is 20.2 Å². The average molecular weight is 505 g/mol. The zero-order chi connectivity index (χ0) is 26.2. The van der Waals surface area contributed by atoms with Crippen molar-refractivity contribution in [2.24, 2.45) is 0 Å². The summed E-state index contributed by atoms with van der Waals surface area (Å²) >= 11 is 0. The Bertz CT molecular complexity index is 1350. The molecule has 1 amide bonds. The molecule has 3 heterocycles. The third kappa shape index (κ3) is 5.37. The number of nitrogens with one attached hydrogen (secondary N) is 1. The van der Waals surface area contributed by atoms with Crippen molar-refractivity contribution >= 4 is 16.9 Å². The number of fused-ring (bicyclic) bond motifs is 3. The number of likely N-dealkylation sites (tertiary alicyclic amines) is 1. The predicted octanol–water partition coefficient (Wildman–Crippen LogP) is 4.54. The van der Waals surface area contributed by atoms with Crippen molar-refractivity contribution in [3.63, 3.8) is 0 Å². The van der Waals surface area contributed by atoms with Crippen LogP contribution in [0, 0.1) is 6.92 Å². The molecular formula is C30H36N2O5. The van der Waals surface area contributed by atoms with Crippen LogP contribution in [-0.2, 0) is 24.2 Å². The molecular weight excluding hydrogens is 468 g/mol. The maximum Gasteiger partial charge on any atom is 0.340 e. The highest BCUT2D eigenvalue weighted by Gasteiger charge is 2.31. The maximum absolute atomic E-state index is 13.1. The van der Waals surface area contributed by atoms with Gasteiger partial charge in [-0.15, -0.1) is 0 Å². The third-order valence-corrected chi connectivity index (χ3v) is 7.70. The van der Waals surface area contributed by atoms with E-state index in [1.807, 2.05) is 32.9 Å². The minimum atomic E-state index is -0.474. The van der Waals surface area contributed by atoms with Crippen LogP contribution < -0.4 is 20.4 Å². The van der Waals surface area contributed by atoms with Crippen molar-refractivity contribution in [1.29, 1.82) is 0 Å². The molecule has 0 spiro atoms. The normalized spacial score (nSPS) is 17.7. The molecule has 2 aliphatic heterocycles. The fourth-order valence-electron chi connectivity index (χ4n) is 5.56. The van der Waals surface area contributed by atoms with Gasteiger partial charge in [-0.25, -0.2) is 4.79 Å². The highest BCUT2D eigenvalue weighted by atomic mass is 16.5. The number of methoxy groups -OCH3 is 1. The van der Waals surface area contributed by atoms with E-state index >= 15 is 0 Å². The summed E-state index contributed by atoms with van der Waals surface area (Å²) in [6.45, 7) is 8.74. The molecule has 1 fully saturated rings. The van der Waals surface area contributed by atoms with Crippen molar-refractivity contribution in [1.82, 2.24) is 10.2 Å². The van der Waals surface area contributed by atoms with Crippen LogP contribution in [0.1, 0.15) is 55.4 Å². The van der Waals surface area contributed by atoms with E-state index in [0.29, 0.717) is 22.6 Å². The number of amides is 1. The molecule has 1 saturated heterocycles. The first-order valence-electron chi connectivity index (χ1n) is 13.1. The molecule has 2 aliphatic rings. The molecule has 5 rings (SSSR count). The first-order valence-corrected chi connectivity index (χ1v) is 13.1. The molecule has 37 heavy (non-hydrogen) atoms. The first-order chi connectivity index (χ1) is 17.7. The van der Waals surface area contributed by atoms with Crippen LogP contribution >= 0.6 is 0 Å². The van der Waals surface area contributed by atoms with E-state index in [1.165, 1.54) is 5.56 Å². The maximum atomic E-state index is 13.1. The van der Waals surface area contributed by atoms with Crippen LogP contribution in [0.5, 0.6) is 11.5 Å². The molecule has 0 unspecified atom stereocenters. The molecule has 1 aromatic heterocycles. The largest absolute Gasteiger partial charge is 0.496 e. The second-order valence-corrected chi connectivity index (χ2v) is 10.9. The number of nitrogens with zero attached hydrogens (tertiary/aromatic N) is 1. The first kappa shape index (κ1) is 25.3. The van der Waals surface area contributed by atoms with Gasteiger partial charge in [-0.05, 0) is 57.6 Å². The lowest BCUT2D eigenvalue weighted by Gasteiger charge is -2.33. The molecule has 3 aromatic rings. The highest BCUT2D eigenvalue weighted by molar-refractivity contribution is 5.93. The van der Waals surface area contributed by atoms with Gasteiger partial charge >= 0.3 is 5.63 Å². The van der Waals surface area contributed by atoms with Gasteiger partial charge in [-0.1, -0.05) is 30.3 Å². The predicted molar refractivity (Wildman–Crippen MR) is 143 cm³/mol. The quantitative estimate of drug-likeness (QED) is 0.497. The second-order valence-electron chi connectivity index (χ2n) is 10.9. The van der Waals surface area contributed by atoms with Crippen LogP contribution in [0.2, 0.25) is 0 Å². The van der Waals surface area contributed by atoms with Crippen LogP contribution in [0.15, 0.2) is 45.6 Å². The molecule has 0 aliphatic carbocycles. The minimum absolute atomic E-state index is 0.0158. The number of benzene rings is 2. The fraction of sp³-hybridized carbons (Fsp3) is 0.467. The summed E-state index contributed by atoms with van der Waals surface area (Å²) in [5.74, 6) is 1.12. The zero-order valence-corrected chi connectivity index (χ0v) is 22.2. The summed E-state index contributed by atoms with van der Waals surface area (Å²) in [6.07, 6.45) is 3.32. The van der Waals surface area contributed by atoms with Crippen LogP contribution in [0.25, 0.3) is 11.0 Å². The molecule has 0 radical (unpaired) electrons. The van der Waals surface area contributed by atoms with Gasteiger partial charge < -0.3 is 19.2 Å². The summed E-state index contributed by atoms with van der Waals surface area (Å²) in [6, 6.07) is 12.4. The van der Waals surface area contributed by atoms with Gasteiger partial charge in [0.05, 0.1) is 24.5 Å². The zero-order valence-electron chi connectivity index (χ0n) is 22.2. The second kappa shape index (κ2) is 10.2. The van der Waals surface area contributed by atoms with Gasteiger partial charge in [0.25, 0.3) is 0 Å². The standard InChI is InChI=1S/C30H36N2O5/c1-19-23(16-26(33)31-21-11-14-32(15-12-21)18-20-8-6-5-7-9-20)29(34)36-28-22-10-13-30(2,3)37-24(22)17-25(35-4)27(19)28/h5-9,17,21H,10-16,18H2,1-4H3,(H,31,33). The summed E-state index contributed by atoms with van der Waals surface area (Å²) < 4.78 is 17.7. The molecule has 196 valence electrons. The van der Waals surface area contributed by atoms with E-state index in [4.69, 9.17) is 13.9 Å². The SMILES string of the molecule is COc1cc2c(c3oc(=O)c(CC(=O)NC4CCN(Cc5ccccc5)CC4)c(C)c13)CCC(C)(C)O2. The number of hydrogen-bond donors (Lipinski definition) is 1. The Morgan fingerprint density at radius 1 is 1.19 bits per heavy atom. The van der Waals surface area contributed by atoms with E-state index < -0.39 is 5.63 Å². The number of aryl methyl sites for hydroxylation is 2. The van der Waals surface area contributed by atoms with Crippen molar-refractivity contribution < 1.29 is 18.7 Å². The molecule has 7 heteroatoms. The van der Waals surface area contributed by atoms with E-state index in [9.17, 15) is 9.59 Å². The molecule has 2 aromatic carbocycles. The number of carbonyl (C=O) groups excluding carboxylic acids is 1. The Morgan fingerprint density at radius 2 is 1.92 bits per heavy atom. The van der Waals surface area contributed by atoms with E-state index in [1.54, 1.807) is 7.11 Å². The number of piperidine rings is 1. The monoisotopic (exact) mass is 504 g/mol. The van der Waals surface area contributed by atoms with Crippen LogP contribution in [0.3, 0.4) is 0 Å². The topological polar surface area (TPSA) is 81.0 Å². The Kier molecular flexibility index (Phi) is 6.99. The number of carbonyl (C=O) groups is 1. The van der Waals surface area contributed by atoms with E-state index in [2.05, 4.69) is 34.5 Å². The van der Waals surface area contributed by atoms with Gasteiger partial charge in [0.2, 0.25) is 5.91 Å². The highest BCUT2D eigenvalue weighted by Crippen LogP contribution is 2.43. The Hall–Kier alpha value is -3.32. The molecule has 7 nitrogen and oxygen atoms in total. The van der Waals surface area contributed by atoms with Gasteiger partial charge in [-0.3, -0.25) is 9.69 Å². The number of ether oxygens (including phenoxy) is 2. The summed E-state index contributed by atoms with van der Waals surface area (Å²) in [7, 11) is 1.59. The molecule has 0 atom stereocenters. The Balaban J connectivity index is 1.30. The smallest absolute Gasteiger partial charge is 0.340 e. The molecule has 1 N–H and O–H groups in total. The Labute approximate surface area is 217 Å². The number of hydrogen-bond acceptors (Lipinski definition) is 6. The lowest BCUT2D eigenvalue weighted by molar-refractivity contribution is -0.121. The van der Waals surface area contributed by atoms with E-state index in [-0.39, 0.29) is 24.0 Å². The lowest BCUT2D eigenvalue weighted by atomic mass is 9.91. The van der Waals surface area contributed by atoms with Crippen LogP contribution in [-0.4, -0.2) is 42.6 Å². The van der Waals surface area contributed by atoms with Crippen LogP contribution in [0.4, 0.5) is 0 Å². The van der Waals surface area contributed by atoms with Crippen molar-refractivity contribution in [3.05, 3.63) is 69.1 Å². The summed E-state index contributed by atoms with van der Waals surface area (Å²) in [5, 5.41) is 3.88. The van der Waals surface area contributed by atoms with Crippen molar-refractivity contribution in [3.8, 4) is 11.5 Å². The summed E-state index contributed by atoms with van der Waals surface area (Å²) in [4.78, 5) is 28.5. The minimum Gasteiger partial charge on any atom is -0.496 e. The fourth-order valence-corrected chi connectivity index (χ4v) is 5.56. The van der Waals surface area contributed by atoms with Gasteiger partial charge in [0.1, 0.15) is 22.7 Å². The van der Waals surface area contributed by atoms with Crippen molar-refractivity contribution in [2.45, 2.75) is 71.1 Å². The lowest BCUT2D eigenvalue weighted by Crippen LogP contribution is -2.45. The Morgan fingerprint density at radius 3 is 2.62 bits per heavy atom. The molecule has 0 bridgehead atoms. The molecule has 0 saturated carbocycles. The number of rotatable bonds is 6. The third-order valence-electron chi connectivity index (χ3n) is 7.70. The van der Waals surface area contributed by atoms with Gasteiger partial charge in [-0.2, -0.15) is 0 Å².